The monoisotopic (exact) mass is 343 g/mol. The molecule has 3 nitrogen and oxygen atoms in total. The molecule has 1 heterocycles. The van der Waals surface area contributed by atoms with Crippen LogP contribution in [-0.2, 0) is 10.3 Å². The van der Waals surface area contributed by atoms with E-state index in [9.17, 15) is 4.79 Å². The zero-order valence-electron chi connectivity index (χ0n) is 15.2. The summed E-state index contributed by atoms with van der Waals surface area (Å²) in [5, 5.41) is 0. The number of fused-ring (bicyclic) bond motifs is 1. The summed E-state index contributed by atoms with van der Waals surface area (Å²) in [4.78, 5) is 14.7. The van der Waals surface area contributed by atoms with Crippen LogP contribution in [0.2, 0.25) is 0 Å². The van der Waals surface area contributed by atoms with Gasteiger partial charge in [0.1, 0.15) is 0 Å². The molecule has 1 aliphatic rings. The number of aryl methyl sites for hydroxylation is 1. The van der Waals surface area contributed by atoms with E-state index in [1.54, 1.807) is 0 Å². The maximum absolute atomic E-state index is 12.7. The Bertz CT molecular complexity index is 976. The fourth-order valence-corrected chi connectivity index (χ4v) is 3.75. The van der Waals surface area contributed by atoms with E-state index in [-0.39, 0.29) is 5.97 Å². The molecule has 0 bridgehead atoms. The van der Waals surface area contributed by atoms with Gasteiger partial charge in [0.15, 0.2) is 5.60 Å². The molecule has 0 fully saturated rings. The number of ether oxygens (including phenoxy) is 1. The van der Waals surface area contributed by atoms with E-state index >= 15 is 0 Å². The quantitative estimate of drug-likeness (QED) is 0.655. The molecule has 0 amide bonds. The van der Waals surface area contributed by atoms with Gasteiger partial charge >= 0.3 is 5.97 Å². The van der Waals surface area contributed by atoms with E-state index in [1.165, 1.54) is 0 Å². The largest absolute Gasteiger partial charge is 0.441 e. The van der Waals surface area contributed by atoms with Crippen LogP contribution in [0.4, 0.5) is 5.69 Å². The van der Waals surface area contributed by atoms with Crippen molar-refractivity contribution in [3.63, 3.8) is 0 Å². The van der Waals surface area contributed by atoms with Crippen molar-refractivity contribution in [1.82, 2.24) is 0 Å². The first-order valence-electron chi connectivity index (χ1n) is 8.71. The van der Waals surface area contributed by atoms with Gasteiger partial charge in [0, 0.05) is 36.5 Å². The summed E-state index contributed by atoms with van der Waals surface area (Å²) in [6, 6.07) is 24.0. The van der Waals surface area contributed by atoms with E-state index in [0.717, 1.165) is 27.9 Å². The molecule has 1 atom stereocenters. The summed E-state index contributed by atoms with van der Waals surface area (Å²) >= 11 is 0. The van der Waals surface area contributed by atoms with Gasteiger partial charge in [-0.2, -0.15) is 0 Å². The van der Waals surface area contributed by atoms with Crippen LogP contribution in [0.1, 0.15) is 32.6 Å². The van der Waals surface area contributed by atoms with Gasteiger partial charge in [-0.3, -0.25) is 0 Å². The van der Waals surface area contributed by atoms with Gasteiger partial charge in [-0.05, 0) is 30.7 Å². The van der Waals surface area contributed by atoms with Crippen LogP contribution in [0.15, 0.2) is 72.8 Å². The smallest absolute Gasteiger partial charge is 0.340 e. The van der Waals surface area contributed by atoms with Gasteiger partial charge in [0.2, 0.25) is 0 Å². The van der Waals surface area contributed by atoms with Gasteiger partial charge in [-0.15, -0.1) is 0 Å². The minimum atomic E-state index is -0.913. The third-order valence-corrected chi connectivity index (χ3v) is 5.09. The Morgan fingerprint density at radius 1 is 0.808 bits per heavy atom. The average molecular weight is 343 g/mol. The van der Waals surface area contributed by atoms with E-state index in [0.29, 0.717) is 5.56 Å². The Hall–Kier alpha value is -3.07. The average Bonchev–Trinajstić information content (AvgIpc) is 2.96. The number of hydrogen-bond donors (Lipinski definition) is 0. The lowest BCUT2D eigenvalue weighted by Crippen LogP contribution is -2.30. The van der Waals surface area contributed by atoms with E-state index in [4.69, 9.17) is 4.74 Å². The van der Waals surface area contributed by atoms with Gasteiger partial charge in [-0.1, -0.05) is 54.6 Å². The Labute approximate surface area is 153 Å². The Balaban J connectivity index is 2.01. The van der Waals surface area contributed by atoms with Crippen molar-refractivity contribution in [3.8, 4) is 0 Å². The van der Waals surface area contributed by atoms with E-state index in [2.05, 4.69) is 42.2 Å². The molecule has 0 saturated heterocycles. The molecule has 130 valence electrons. The number of carbonyl (C=O) groups excluding carboxylic acids is 1. The number of esters is 1. The van der Waals surface area contributed by atoms with Crippen molar-refractivity contribution in [2.45, 2.75) is 12.5 Å². The number of nitrogens with zero attached hydrogens (tertiary/aromatic N) is 1. The molecule has 3 heteroatoms. The fourth-order valence-electron chi connectivity index (χ4n) is 3.75. The summed E-state index contributed by atoms with van der Waals surface area (Å²) < 4.78 is 6.12. The lowest BCUT2D eigenvalue weighted by Gasteiger charge is -2.32. The van der Waals surface area contributed by atoms with Crippen LogP contribution in [0.25, 0.3) is 0 Å². The molecule has 3 aromatic rings. The molecule has 0 aromatic heterocycles. The number of benzene rings is 3. The van der Waals surface area contributed by atoms with Crippen molar-refractivity contribution >= 4 is 11.7 Å². The van der Waals surface area contributed by atoms with Gasteiger partial charge in [-0.25, -0.2) is 4.79 Å². The van der Waals surface area contributed by atoms with Crippen LogP contribution in [0.5, 0.6) is 0 Å². The summed E-state index contributed by atoms with van der Waals surface area (Å²) in [6.07, 6.45) is 0. The minimum Gasteiger partial charge on any atom is -0.441 e. The van der Waals surface area contributed by atoms with Crippen molar-refractivity contribution in [2.75, 3.05) is 19.0 Å². The second-order valence-electron chi connectivity index (χ2n) is 6.87. The summed E-state index contributed by atoms with van der Waals surface area (Å²) in [5.74, 6) is -0.277. The van der Waals surface area contributed by atoms with Gasteiger partial charge in [0.25, 0.3) is 0 Å². The number of carbonyl (C=O) groups is 1. The second kappa shape index (κ2) is 6.03. The van der Waals surface area contributed by atoms with Crippen LogP contribution in [0.3, 0.4) is 0 Å². The zero-order valence-corrected chi connectivity index (χ0v) is 15.2. The molecule has 0 saturated carbocycles. The highest BCUT2D eigenvalue weighted by molar-refractivity contribution is 5.96. The second-order valence-corrected chi connectivity index (χ2v) is 6.87. The molecule has 0 aliphatic carbocycles. The Kier molecular flexibility index (Phi) is 3.80. The van der Waals surface area contributed by atoms with Crippen LogP contribution in [0, 0.1) is 6.92 Å². The Morgan fingerprint density at radius 3 is 2.08 bits per heavy atom. The van der Waals surface area contributed by atoms with Crippen LogP contribution >= 0.6 is 0 Å². The van der Waals surface area contributed by atoms with Crippen molar-refractivity contribution in [3.05, 3.63) is 101 Å². The molecule has 0 spiro atoms. The highest BCUT2D eigenvalue weighted by Crippen LogP contribution is 2.48. The SMILES string of the molecule is Cc1ccccc1C1(c2ccc(N(C)C)cc2)OC(=O)c2ccccc21. The topological polar surface area (TPSA) is 29.5 Å². The molecule has 1 aliphatic heterocycles. The summed E-state index contributed by atoms with van der Waals surface area (Å²) in [7, 11) is 4.02. The van der Waals surface area contributed by atoms with Crippen molar-refractivity contribution in [1.29, 1.82) is 0 Å². The molecule has 0 N–H and O–H groups in total. The molecule has 0 radical (unpaired) electrons. The lowest BCUT2D eigenvalue weighted by atomic mass is 9.78. The first-order chi connectivity index (χ1) is 12.5. The van der Waals surface area contributed by atoms with Crippen LogP contribution in [-0.4, -0.2) is 20.1 Å². The predicted molar refractivity (Wildman–Crippen MR) is 104 cm³/mol. The van der Waals surface area contributed by atoms with Gasteiger partial charge < -0.3 is 9.64 Å². The maximum Gasteiger partial charge on any atom is 0.340 e. The number of rotatable bonds is 3. The zero-order chi connectivity index (χ0) is 18.3. The third kappa shape index (κ3) is 2.31. The maximum atomic E-state index is 12.7. The first-order valence-corrected chi connectivity index (χ1v) is 8.71. The fraction of sp³-hybridized carbons (Fsp3) is 0.174. The number of anilines is 1. The lowest BCUT2D eigenvalue weighted by molar-refractivity contribution is 0.0250. The summed E-state index contributed by atoms with van der Waals surface area (Å²) in [5.41, 5.74) is 4.76. The highest BCUT2D eigenvalue weighted by atomic mass is 16.6. The highest BCUT2D eigenvalue weighted by Gasteiger charge is 2.48. The molecule has 3 aromatic carbocycles. The standard InChI is InChI=1S/C23H21NO2/c1-16-8-4-6-10-20(16)23(17-12-14-18(15-13-17)24(2)3)21-11-7-5-9-19(21)22(25)26-23/h4-15H,1-3H3. The van der Waals surface area contributed by atoms with E-state index < -0.39 is 5.60 Å². The minimum absolute atomic E-state index is 0.277. The molecular weight excluding hydrogens is 322 g/mol. The normalized spacial score (nSPS) is 18.3. The number of cyclic esters (lactones) is 1. The number of hydrogen-bond acceptors (Lipinski definition) is 3. The van der Waals surface area contributed by atoms with Crippen molar-refractivity contribution < 1.29 is 9.53 Å². The first kappa shape index (κ1) is 16.4. The predicted octanol–water partition coefficient (Wildman–Crippen LogP) is 4.52. The molecule has 4 rings (SSSR count). The van der Waals surface area contributed by atoms with Crippen molar-refractivity contribution in [2.24, 2.45) is 0 Å². The Morgan fingerprint density at radius 2 is 1.42 bits per heavy atom. The van der Waals surface area contributed by atoms with Gasteiger partial charge in [0.05, 0.1) is 5.56 Å². The van der Waals surface area contributed by atoms with Crippen LogP contribution < -0.4 is 4.90 Å². The molecule has 26 heavy (non-hydrogen) atoms. The molecular formula is C23H21NO2. The third-order valence-electron chi connectivity index (χ3n) is 5.09. The van der Waals surface area contributed by atoms with E-state index in [1.807, 2.05) is 56.6 Å². The molecule has 1 unspecified atom stereocenters. The summed E-state index contributed by atoms with van der Waals surface area (Å²) in [6.45, 7) is 2.06.